The van der Waals surface area contributed by atoms with Gasteiger partial charge in [0.05, 0.1) is 11.9 Å². The van der Waals surface area contributed by atoms with Gasteiger partial charge < -0.3 is 14.8 Å². The summed E-state index contributed by atoms with van der Waals surface area (Å²) in [5, 5.41) is 9.44. The number of rotatable bonds is 3. The second kappa shape index (κ2) is 4.04. The number of imidazole rings is 1. The van der Waals surface area contributed by atoms with Crippen molar-refractivity contribution in [2.75, 3.05) is 0 Å². The van der Waals surface area contributed by atoms with Crippen LogP contribution < -0.4 is 4.74 Å². The van der Waals surface area contributed by atoms with Crippen LogP contribution in [0.2, 0.25) is 0 Å². The highest BCUT2D eigenvalue weighted by Crippen LogP contribution is 2.24. The van der Waals surface area contributed by atoms with Crippen LogP contribution in [0, 0.1) is 6.92 Å². The minimum absolute atomic E-state index is 0.147. The topological polar surface area (TPSA) is 58.1 Å². The van der Waals surface area contributed by atoms with Crippen molar-refractivity contribution in [2.45, 2.75) is 13.5 Å². The van der Waals surface area contributed by atoms with E-state index in [0.717, 1.165) is 11.5 Å². The van der Waals surface area contributed by atoms with E-state index in [4.69, 9.17) is 4.74 Å². The highest BCUT2D eigenvalue weighted by Gasteiger charge is 2.02. The molecule has 0 aliphatic carbocycles. The van der Waals surface area contributed by atoms with Crippen molar-refractivity contribution in [1.29, 1.82) is 0 Å². The third-order valence-corrected chi connectivity index (χ3v) is 2.00. The van der Waals surface area contributed by atoms with Gasteiger partial charge in [-0.25, -0.2) is 4.98 Å². The molecule has 0 aliphatic rings. The molecule has 2 aromatic rings. The number of benzene rings is 1. The minimum atomic E-state index is 0.147. The number of phenolic OH excluding ortho intramolecular Hbond substituents is 1. The Kier molecular flexibility index (Phi) is 2.58. The molecule has 0 aliphatic heterocycles. The lowest BCUT2D eigenvalue weighted by Gasteiger charge is -2.05. The van der Waals surface area contributed by atoms with Gasteiger partial charge in [-0.15, -0.1) is 0 Å². The summed E-state index contributed by atoms with van der Waals surface area (Å²) < 4.78 is 5.41. The Labute approximate surface area is 87.6 Å². The van der Waals surface area contributed by atoms with Gasteiger partial charge in [0.25, 0.3) is 0 Å². The second-order valence-corrected chi connectivity index (χ2v) is 3.25. The van der Waals surface area contributed by atoms with Gasteiger partial charge in [-0.05, 0) is 19.1 Å². The average molecular weight is 204 g/mol. The van der Waals surface area contributed by atoms with Crippen LogP contribution in [0.5, 0.6) is 11.5 Å². The fourth-order valence-corrected chi connectivity index (χ4v) is 1.28. The molecule has 1 heterocycles. The highest BCUT2D eigenvalue weighted by atomic mass is 16.5. The zero-order valence-corrected chi connectivity index (χ0v) is 8.40. The predicted octanol–water partition coefficient (Wildman–Crippen LogP) is 2.00. The van der Waals surface area contributed by atoms with Gasteiger partial charge in [-0.1, -0.05) is 12.1 Å². The number of aromatic nitrogens is 2. The van der Waals surface area contributed by atoms with Crippen LogP contribution in [0.4, 0.5) is 0 Å². The Morgan fingerprint density at radius 3 is 2.87 bits per heavy atom. The second-order valence-electron chi connectivity index (χ2n) is 3.25. The molecule has 0 amide bonds. The molecule has 0 bridgehead atoms. The van der Waals surface area contributed by atoms with Crippen molar-refractivity contribution < 1.29 is 9.84 Å². The molecule has 2 rings (SSSR count). The summed E-state index contributed by atoms with van der Waals surface area (Å²) >= 11 is 0. The lowest BCUT2D eigenvalue weighted by molar-refractivity contribution is 0.285. The Morgan fingerprint density at radius 1 is 1.40 bits per heavy atom. The van der Waals surface area contributed by atoms with E-state index in [1.54, 1.807) is 24.4 Å². The molecule has 0 fully saturated rings. The Bertz CT molecular complexity index is 451. The standard InChI is InChI=1S/C11H12N2O2/c1-8-12-6-9(13-8)7-15-11-5-3-2-4-10(11)14/h2-6,14H,7H2,1H3,(H,12,13). The van der Waals surface area contributed by atoms with Gasteiger partial charge >= 0.3 is 0 Å². The molecule has 0 spiro atoms. The first-order valence-corrected chi connectivity index (χ1v) is 4.67. The maximum absolute atomic E-state index is 9.44. The molecule has 4 heteroatoms. The monoisotopic (exact) mass is 204 g/mol. The lowest BCUT2D eigenvalue weighted by Crippen LogP contribution is -1.95. The van der Waals surface area contributed by atoms with Crippen molar-refractivity contribution >= 4 is 0 Å². The minimum Gasteiger partial charge on any atom is -0.504 e. The molecule has 2 N–H and O–H groups in total. The molecule has 78 valence electrons. The third-order valence-electron chi connectivity index (χ3n) is 2.00. The maximum atomic E-state index is 9.44. The van der Waals surface area contributed by atoms with Crippen LogP contribution >= 0.6 is 0 Å². The molecule has 1 aromatic heterocycles. The number of nitrogens with zero attached hydrogens (tertiary/aromatic N) is 1. The summed E-state index contributed by atoms with van der Waals surface area (Å²) in [5.41, 5.74) is 0.885. The van der Waals surface area contributed by atoms with E-state index in [1.165, 1.54) is 0 Å². The largest absolute Gasteiger partial charge is 0.504 e. The normalized spacial score (nSPS) is 10.2. The van der Waals surface area contributed by atoms with Crippen LogP contribution in [-0.4, -0.2) is 15.1 Å². The summed E-state index contributed by atoms with van der Waals surface area (Å²) in [4.78, 5) is 7.10. The zero-order chi connectivity index (χ0) is 10.7. The van der Waals surface area contributed by atoms with Gasteiger partial charge in [-0.3, -0.25) is 0 Å². The van der Waals surface area contributed by atoms with E-state index >= 15 is 0 Å². The number of aromatic amines is 1. The molecule has 4 nitrogen and oxygen atoms in total. The summed E-state index contributed by atoms with van der Waals surface area (Å²) in [6.45, 7) is 2.25. The summed E-state index contributed by atoms with van der Waals surface area (Å²) in [6, 6.07) is 6.88. The number of ether oxygens (including phenoxy) is 1. The predicted molar refractivity (Wildman–Crippen MR) is 55.8 cm³/mol. The molecule has 1 aromatic carbocycles. The van der Waals surface area contributed by atoms with E-state index < -0.39 is 0 Å². The first-order valence-electron chi connectivity index (χ1n) is 4.67. The van der Waals surface area contributed by atoms with Crippen molar-refractivity contribution in [3.05, 3.63) is 42.0 Å². The van der Waals surface area contributed by atoms with Gasteiger partial charge in [0.2, 0.25) is 0 Å². The molecule has 0 radical (unpaired) electrons. The quantitative estimate of drug-likeness (QED) is 0.804. The number of para-hydroxylation sites is 2. The number of aromatic hydroxyl groups is 1. The molecular formula is C11H12N2O2. The third kappa shape index (κ3) is 2.28. The molecule has 0 unspecified atom stereocenters. The average Bonchev–Trinajstić information content (AvgIpc) is 2.63. The Morgan fingerprint density at radius 2 is 2.20 bits per heavy atom. The number of hydrogen-bond donors (Lipinski definition) is 2. The molecule has 0 atom stereocenters. The summed E-state index contributed by atoms with van der Waals surface area (Å²) in [7, 11) is 0. The number of phenols is 1. The highest BCUT2D eigenvalue weighted by molar-refractivity contribution is 5.37. The molecule has 15 heavy (non-hydrogen) atoms. The Hall–Kier alpha value is -1.97. The Balaban J connectivity index is 2.02. The summed E-state index contributed by atoms with van der Waals surface area (Å²) in [5.74, 6) is 1.48. The smallest absolute Gasteiger partial charge is 0.161 e. The van der Waals surface area contributed by atoms with Gasteiger partial charge in [-0.2, -0.15) is 0 Å². The van der Waals surface area contributed by atoms with E-state index in [-0.39, 0.29) is 5.75 Å². The van der Waals surface area contributed by atoms with Crippen LogP contribution in [0.3, 0.4) is 0 Å². The van der Waals surface area contributed by atoms with Gasteiger partial charge in [0.1, 0.15) is 12.4 Å². The van der Waals surface area contributed by atoms with Crippen LogP contribution in [-0.2, 0) is 6.61 Å². The van der Waals surface area contributed by atoms with Gasteiger partial charge in [0, 0.05) is 0 Å². The van der Waals surface area contributed by atoms with E-state index in [0.29, 0.717) is 12.4 Å². The van der Waals surface area contributed by atoms with Crippen molar-refractivity contribution in [1.82, 2.24) is 9.97 Å². The van der Waals surface area contributed by atoms with Crippen molar-refractivity contribution in [3.8, 4) is 11.5 Å². The van der Waals surface area contributed by atoms with Crippen LogP contribution in [0.15, 0.2) is 30.5 Å². The van der Waals surface area contributed by atoms with E-state index in [9.17, 15) is 5.11 Å². The van der Waals surface area contributed by atoms with E-state index in [2.05, 4.69) is 9.97 Å². The number of aryl methyl sites for hydroxylation is 1. The molecule has 0 saturated carbocycles. The first kappa shape index (κ1) is 9.58. The zero-order valence-electron chi connectivity index (χ0n) is 8.40. The van der Waals surface area contributed by atoms with Crippen LogP contribution in [0.1, 0.15) is 11.5 Å². The summed E-state index contributed by atoms with van der Waals surface area (Å²) in [6.07, 6.45) is 1.72. The van der Waals surface area contributed by atoms with Gasteiger partial charge in [0.15, 0.2) is 11.5 Å². The van der Waals surface area contributed by atoms with Crippen molar-refractivity contribution in [2.24, 2.45) is 0 Å². The number of hydrogen-bond acceptors (Lipinski definition) is 3. The SMILES string of the molecule is Cc1ncc(COc2ccccc2O)[nH]1. The maximum Gasteiger partial charge on any atom is 0.161 e. The van der Waals surface area contributed by atoms with Crippen LogP contribution in [0.25, 0.3) is 0 Å². The molecular weight excluding hydrogens is 192 g/mol. The van der Waals surface area contributed by atoms with Crippen molar-refractivity contribution in [3.63, 3.8) is 0 Å². The van der Waals surface area contributed by atoms with E-state index in [1.807, 2.05) is 13.0 Å². The number of nitrogens with one attached hydrogen (secondary N) is 1. The first-order chi connectivity index (χ1) is 7.25. The molecule has 0 saturated heterocycles. The lowest BCUT2D eigenvalue weighted by atomic mass is 10.3. The fourth-order valence-electron chi connectivity index (χ4n) is 1.28. The fraction of sp³-hybridized carbons (Fsp3) is 0.182. The number of H-pyrrole nitrogens is 1.